The Hall–Kier alpha value is -0.470. The van der Waals surface area contributed by atoms with Crippen LogP contribution >= 0.6 is 11.3 Å². The molecule has 0 aromatic carbocycles. The van der Waals surface area contributed by atoms with Gasteiger partial charge >= 0.3 is 0 Å². The topological polar surface area (TPSA) is 106 Å². The van der Waals surface area contributed by atoms with Gasteiger partial charge in [-0.25, -0.2) is 8.42 Å². The number of rotatable bonds is 6. The molecule has 0 atom stereocenters. The Bertz CT molecular complexity index is 348. The molecule has 1 rings (SSSR count). The molecule has 0 amide bonds. The van der Waals surface area contributed by atoms with E-state index in [0.29, 0.717) is 13.0 Å². The van der Waals surface area contributed by atoms with Gasteiger partial charge in [-0.15, -0.1) is 0 Å². The van der Waals surface area contributed by atoms with Gasteiger partial charge in [-0.05, 0) is 35.4 Å². The van der Waals surface area contributed by atoms with Crippen molar-refractivity contribution in [3.8, 4) is 0 Å². The number of hydrogen-bond acceptors (Lipinski definition) is 5. The standard InChI is InChI=1S/C8H13NO3S2.H3N/c10-14(11,12)5-1-3-9-6-8-2-4-13-7-8;/h2,4,7,9H,1,3,5-6H2,(H,10,11,12);1H3. The highest BCUT2D eigenvalue weighted by Crippen LogP contribution is 2.04. The summed E-state index contributed by atoms with van der Waals surface area (Å²) in [5, 5.41) is 7.07. The summed E-state index contributed by atoms with van der Waals surface area (Å²) < 4.78 is 30.7. The predicted molar refractivity (Wildman–Crippen MR) is 61.2 cm³/mol. The molecular weight excluding hydrogens is 236 g/mol. The molecule has 15 heavy (non-hydrogen) atoms. The third-order valence-corrected chi connectivity index (χ3v) is 3.18. The Kier molecular flexibility index (Phi) is 6.70. The van der Waals surface area contributed by atoms with Gasteiger partial charge in [0.1, 0.15) is 0 Å². The maximum atomic E-state index is 10.2. The van der Waals surface area contributed by atoms with E-state index in [9.17, 15) is 13.0 Å². The maximum Gasteiger partial charge on any atom is 0.0946 e. The molecule has 0 saturated carbocycles. The lowest BCUT2D eigenvalue weighted by Gasteiger charge is -2.06. The average Bonchev–Trinajstić information content (AvgIpc) is 2.54. The van der Waals surface area contributed by atoms with Gasteiger partial charge in [-0.2, -0.15) is 11.3 Å². The third-order valence-electron chi connectivity index (χ3n) is 1.66. The second-order valence-electron chi connectivity index (χ2n) is 2.92. The van der Waals surface area contributed by atoms with E-state index in [-0.39, 0.29) is 11.9 Å². The van der Waals surface area contributed by atoms with E-state index < -0.39 is 10.1 Å². The first kappa shape index (κ1) is 14.5. The predicted octanol–water partition coefficient (Wildman–Crippen LogP) is 1.15. The van der Waals surface area contributed by atoms with Gasteiger partial charge < -0.3 is 16.0 Å². The monoisotopic (exact) mass is 252 g/mol. The first-order valence-corrected chi connectivity index (χ1v) is 6.75. The highest BCUT2D eigenvalue weighted by Gasteiger charge is 1.95. The zero-order chi connectivity index (χ0) is 10.4. The zero-order valence-electron chi connectivity index (χ0n) is 8.60. The van der Waals surface area contributed by atoms with Crippen LogP contribution in [-0.2, 0) is 16.7 Å². The summed E-state index contributed by atoms with van der Waals surface area (Å²) in [7, 11) is -4.05. The van der Waals surface area contributed by atoms with Crippen molar-refractivity contribution in [1.29, 1.82) is 0 Å². The van der Waals surface area contributed by atoms with E-state index in [0.717, 1.165) is 6.54 Å². The molecule has 1 aromatic heterocycles. The highest BCUT2D eigenvalue weighted by molar-refractivity contribution is 7.85. The third kappa shape index (κ3) is 7.46. The summed E-state index contributed by atoms with van der Waals surface area (Å²) >= 11 is 1.62. The van der Waals surface area contributed by atoms with Crippen LogP contribution in [0.2, 0.25) is 0 Å². The molecule has 0 spiro atoms. The summed E-state index contributed by atoms with van der Waals surface area (Å²) in [5.41, 5.74) is 1.18. The second-order valence-corrected chi connectivity index (χ2v) is 5.23. The molecule has 88 valence electrons. The van der Waals surface area contributed by atoms with Crippen molar-refractivity contribution < 1.29 is 13.0 Å². The number of hydrogen-bond donors (Lipinski definition) is 2. The Morgan fingerprint density at radius 2 is 2.20 bits per heavy atom. The number of thiophene rings is 1. The number of nitrogens with one attached hydrogen (secondary N) is 1. The SMILES string of the molecule is O=S(=O)([O-])CCCNCc1ccsc1.[NH4+]. The van der Waals surface area contributed by atoms with Crippen molar-refractivity contribution in [3.05, 3.63) is 22.4 Å². The average molecular weight is 252 g/mol. The fourth-order valence-corrected chi connectivity index (χ4v) is 2.17. The van der Waals surface area contributed by atoms with Gasteiger partial charge in [0.25, 0.3) is 0 Å². The minimum atomic E-state index is -4.05. The molecule has 5 N–H and O–H groups in total. The molecule has 5 nitrogen and oxygen atoms in total. The minimum absolute atomic E-state index is 0. The largest absolute Gasteiger partial charge is 0.748 e. The fourth-order valence-electron chi connectivity index (χ4n) is 1.000. The summed E-state index contributed by atoms with van der Waals surface area (Å²) in [5.74, 6) is -0.288. The molecule has 0 radical (unpaired) electrons. The summed E-state index contributed by atoms with van der Waals surface area (Å²) in [6.45, 7) is 1.28. The molecule has 0 unspecified atom stereocenters. The lowest BCUT2D eigenvalue weighted by Crippen LogP contribution is -2.17. The second kappa shape index (κ2) is 6.91. The Morgan fingerprint density at radius 3 is 2.73 bits per heavy atom. The maximum absolute atomic E-state index is 10.2. The zero-order valence-corrected chi connectivity index (χ0v) is 10.2. The van der Waals surface area contributed by atoms with Crippen molar-refractivity contribution in [1.82, 2.24) is 11.5 Å². The van der Waals surface area contributed by atoms with Crippen LogP contribution in [0.15, 0.2) is 16.8 Å². The van der Waals surface area contributed by atoms with Crippen LogP contribution in [0.1, 0.15) is 12.0 Å². The summed E-state index contributed by atoms with van der Waals surface area (Å²) in [4.78, 5) is 0. The molecule has 1 aromatic rings. The van der Waals surface area contributed by atoms with Crippen LogP contribution in [0.25, 0.3) is 0 Å². The Labute approximate surface area is 93.8 Å². The smallest absolute Gasteiger partial charge is 0.0946 e. The summed E-state index contributed by atoms with van der Waals surface area (Å²) in [6.07, 6.45) is 0.371. The van der Waals surface area contributed by atoms with Gasteiger partial charge in [0.15, 0.2) is 0 Å². The van der Waals surface area contributed by atoms with E-state index in [2.05, 4.69) is 5.32 Å². The number of quaternary nitrogens is 1. The van der Waals surface area contributed by atoms with Crippen molar-refractivity contribution >= 4 is 21.5 Å². The lowest BCUT2D eigenvalue weighted by molar-refractivity contribution is 0.460. The van der Waals surface area contributed by atoms with Crippen LogP contribution in [0.3, 0.4) is 0 Å². The molecule has 1 heterocycles. The molecule has 7 heteroatoms. The van der Waals surface area contributed by atoms with Crippen molar-refractivity contribution in [3.63, 3.8) is 0 Å². The molecule has 0 fully saturated rings. The normalized spacial score (nSPS) is 11.0. The van der Waals surface area contributed by atoms with E-state index in [1.807, 2.05) is 16.8 Å². The quantitative estimate of drug-likeness (QED) is 0.585. The van der Waals surface area contributed by atoms with Crippen molar-refractivity contribution in [2.45, 2.75) is 13.0 Å². The van der Waals surface area contributed by atoms with Gasteiger partial charge in [0.05, 0.1) is 10.1 Å². The van der Waals surface area contributed by atoms with Gasteiger partial charge in [0.2, 0.25) is 0 Å². The first-order chi connectivity index (χ1) is 6.58. The first-order valence-electron chi connectivity index (χ1n) is 4.23. The fraction of sp³-hybridized carbons (Fsp3) is 0.500. The molecule has 0 aliphatic heterocycles. The molecule has 0 aliphatic rings. The van der Waals surface area contributed by atoms with Crippen LogP contribution in [0.5, 0.6) is 0 Å². The Morgan fingerprint density at radius 1 is 1.47 bits per heavy atom. The molecule has 0 saturated heterocycles. The molecule has 0 aliphatic carbocycles. The highest BCUT2D eigenvalue weighted by atomic mass is 32.2. The van der Waals surface area contributed by atoms with Crippen molar-refractivity contribution in [2.24, 2.45) is 0 Å². The molecular formula is C8H16N2O3S2. The lowest BCUT2D eigenvalue weighted by atomic mass is 10.3. The van der Waals surface area contributed by atoms with Crippen LogP contribution in [0, 0.1) is 0 Å². The van der Waals surface area contributed by atoms with Gasteiger partial charge in [0, 0.05) is 12.3 Å². The Balaban J connectivity index is 0.00000196. The van der Waals surface area contributed by atoms with Crippen LogP contribution in [-0.4, -0.2) is 25.3 Å². The van der Waals surface area contributed by atoms with Crippen LogP contribution in [0.4, 0.5) is 0 Å². The van der Waals surface area contributed by atoms with E-state index >= 15 is 0 Å². The van der Waals surface area contributed by atoms with Gasteiger partial charge in [-0.3, -0.25) is 0 Å². The van der Waals surface area contributed by atoms with Crippen LogP contribution < -0.4 is 11.5 Å². The van der Waals surface area contributed by atoms with E-state index in [4.69, 9.17) is 0 Å². The van der Waals surface area contributed by atoms with Crippen molar-refractivity contribution in [2.75, 3.05) is 12.3 Å². The van der Waals surface area contributed by atoms with Gasteiger partial charge in [-0.1, -0.05) is 0 Å². The summed E-state index contributed by atoms with van der Waals surface area (Å²) in [6, 6.07) is 2.00. The molecule has 0 bridgehead atoms. The van der Waals surface area contributed by atoms with E-state index in [1.54, 1.807) is 11.3 Å². The van der Waals surface area contributed by atoms with E-state index in [1.165, 1.54) is 5.56 Å². The minimum Gasteiger partial charge on any atom is -0.748 e.